The predicted octanol–water partition coefficient (Wildman–Crippen LogP) is 2.02. The lowest BCUT2D eigenvalue weighted by atomic mass is 9.93. The summed E-state index contributed by atoms with van der Waals surface area (Å²) in [5.74, 6) is 0.174. The highest BCUT2D eigenvalue weighted by Gasteiger charge is 2.42. The highest BCUT2D eigenvalue weighted by molar-refractivity contribution is 5.96. The minimum atomic E-state index is -0.608. The molecule has 0 spiro atoms. The van der Waals surface area contributed by atoms with E-state index in [1.54, 1.807) is 12.1 Å². The quantitative estimate of drug-likeness (QED) is 0.866. The van der Waals surface area contributed by atoms with Gasteiger partial charge in [0.05, 0.1) is 11.7 Å². The maximum Gasteiger partial charge on any atom is 0.241 e. The zero-order chi connectivity index (χ0) is 14.1. The molecule has 1 aliphatic carbocycles. The van der Waals surface area contributed by atoms with Gasteiger partial charge in [0, 0.05) is 0 Å². The normalized spacial score (nSPS) is 27.9. The minimum absolute atomic E-state index is 0.109. The fourth-order valence-corrected chi connectivity index (χ4v) is 3.43. The van der Waals surface area contributed by atoms with Crippen molar-refractivity contribution in [2.45, 2.75) is 25.3 Å². The second kappa shape index (κ2) is 5.22. The number of nitriles is 1. The first kappa shape index (κ1) is 13.1. The Labute approximate surface area is 117 Å². The summed E-state index contributed by atoms with van der Waals surface area (Å²) in [6, 6.07) is 5.84. The molecule has 2 fully saturated rings. The van der Waals surface area contributed by atoms with E-state index in [4.69, 9.17) is 5.26 Å². The van der Waals surface area contributed by atoms with Crippen LogP contribution in [0.3, 0.4) is 0 Å². The van der Waals surface area contributed by atoms with E-state index >= 15 is 0 Å². The van der Waals surface area contributed by atoms with Crippen LogP contribution in [-0.4, -0.2) is 18.5 Å². The molecule has 1 amide bonds. The zero-order valence-electron chi connectivity index (χ0n) is 11.0. The number of halogens is 1. The van der Waals surface area contributed by atoms with Crippen LogP contribution in [0.5, 0.6) is 0 Å². The number of hydrogen-bond donors (Lipinski definition) is 2. The summed E-state index contributed by atoms with van der Waals surface area (Å²) in [5, 5.41) is 14.9. The molecule has 1 heterocycles. The maximum atomic E-state index is 13.5. The SMILES string of the molecule is N#Cc1c(F)cccc1NC(=O)C1NCC2CCCC21. The lowest BCUT2D eigenvalue weighted by molar-refractivity contribution is -0.118. The van der Waals surface area contributed by atoms with Crippen molar-refractivity contribution in [2.24, 2.45) is 11.8 Å². The zero-order valence-corrected chi connectivity index (χ0v) is 11.0. The van der Waals surface area contributed by atoms with Crippen molar-refractivity contribution >= 4 is 11.6 Å². The summed E-state index contributed by atoms with van der Waals surface area (Å²) in [5.41, 5.74) is 0.141. The molecule has 0 aromatic heterocycles. The number of fused-ring (bicyclic) bond motifs is 1. The van der Waals surface area contributed by atoms with Crippen LogP contribution >= 0.6 is 0 Å². The number of benzene rings is 1. The summed E-state index contributed by atoms with van der Waals surface area (Å²) in [6.45, 7) is 0.872. The molecular formula is C15H16FN3O. The van der Waals surface area contributed by atoms with Crippen LogP contribution in [0.1, 0.15) is 24.8 Å². The Morgan fingerprint density at radius 1 is 1.45 bits per heavy atom. The molecule has 2 aliphatic rings. The molecule has 2 N–H and O–H groups in total. The molecule has 3 rings (SSSR count). The Bertz CT molecular complexity index is 581. The molecule has 5 heteroatoms. The molecule has 1 aliphatic heterocycles. The van der Waals surface area contributed by atoms with Gasteiger partial charge in [-0.2, -0.15) is 5.26 Å². The van der Waals surface area contributed by atoms with Crippen molar-refractivity contribution in [2.75, 3.05) is 11.9 Å². The molecule has 20 heavy (non-hydrogen) atoms. The molecule has 1 aromatic carbocycles. The Balaban J connectivity index is 1.77. The fraction of sp³-hybridized carbons (Fsp3) is 0.467. The van der Waals surface area contributed by atoms with Gasteiger partial charge in [0.2, 0.25) is 5.91 Å². The first-order chi connectivity index (χ1) is 9.70. The van der Waals surface area contributed by atoms with Gasteiger partial charge in [-0.1, -0.05) is 12.5 Å². The molecule has 3 unspecified atom stereocenters. The number of hydrogen-bond acceptors (Lipinski definition) is 3. The number of anilines is 1. The van der Waals surface area contributed by atoms with Gasteiger partial charge >= 0.3 is 0 Å². The average Bonchev–Trinajstić information content (AvgIpc) is 3.01. The summed E-state index contributed by atoms with van der Waals surface area (Å²) in [6.07, 6.45) is 3.40. The smallest absolute Gasteiger partial charge is 0.241 e. The topological polar surface area (TPSA) is 64.9 Å². The number of nitrogens with one attached hydrogen (secondary N) is 2. The lowest BCUT2D eigenvalue weighted by Crippen LogP contribution is -2.39. The van der Waals surface area contributed by atoms with Gasteiger partial charge < -0.3 is 10.6 Å². The summed E-state index contributed by atoms with van der Waals surface area (Å²) >= 11 is 0. The van der Waals surface area contributed by atoms with Gasteiger partial charge in [0.15, 0.2) is 0 Å². The first-order valence-corrected chi connectivity index (χ1v) is 6.93. The molecule has 0 bridgehead atoms. The largest absolute Gasteiger partial charge is 0.323 e. The molecule has 1 aromatic rings. The van der Waals surface area contributed by atoms with E-state index in [0.29, 0.717) is 11.8 Å². The Morgan fingerprint density at radius 3 is 3.10 bits per heavy atom. The van der Waals surface area contributed by atoms with Crippen LogP contribution in [0.15, 0.2) is 18.2 Å². The number of rotatable bonds is 2. The molecule has 3 atom stereocenters. The van der Waals surface area contributed by atoms with E-state index in [2.05, 4.69) is 10.6 Å². The molecular weight excluding hydrogens is 257 g/mol. The van der Waals surface area contributed by atoms with Crippen LogP contribution in [0, 0.1) is 29.0 Å². The van der Waals surface area contributed by atoms with Crippen molar-refractivity contribution in [3.8, 4) is 6.07 Å². The van der Waals surface area contributed by atoms with Crippen molar-refractivity contribution in [3.63, 3.8) is 0 Å². The van der Waals surface area contributed by atoms with E-state index in [0.717, 1.165) is 13.0 Å². The monoisotopic (exact) mass is 273 g/mol. The number of carbonyl (C=O) groups excluding carboxylic acids is 1. The van der Waals surface area contributed by atoms with Gasteiger partial charge in [0.1, 0.15) is 17.4 Å². The third-order valence-corrected chi connectivity index (χ3v) is 4.41. The predicted molar refractivity (Wildman–Crippen MR) is 72.4 cm³/mol. The van der Waals surface area contributed by atoms with Crippen LogP contribution in [0.25, 0.3) is 0 Å². The third kappa shape index (κ3) is 2.16. The van der Waals surface area contributed by atoms with E-state index in [1.807, 2.05) is 0 Å². The fourth-order valence-electron chi connectivity index (χ4n) is 3.43. The standard InChI is InChI=1S/C15H16FN3O/c16-12-5-2-6-13(11(12)7-17)19-15(20)14-10-4-1-3-9(10)8-18-14/h2,5-6,9-10,14,18H,1,3-4,8H2,(H,19,20). The van der Waals surface area contributed by atoms with Crippen LogP contribution in [0.4, 0.5) is 10.1 Å². The van der Waals surface area contributed by atoms with E-state index in [-0.39, 0.29) is 23.2 Å². The number of nitrogens with zero attached hydrogens (tertiary/aromatic N) is 1. The Hall–Kier alpha value is -1.93. The van der Waals surface area contributed by atoms with Crippen molar-refractivity contribution in [1.29, 1.82) is 5.26 Å². The maximum absolute atomic E-state index is 13.5. The Morgan fingerprint density at radius 2 is 2.30 bits per heavy atom. The van der Waals surface area contributed by atoms with Crippen molar-refractivity contribution in [3.05, 3.63) is 29.6 Å². The van der Waals surface area contributed by atoms with Crippen molar-refractivity contribution in [1.82, 2.24) is 5.32 Å². The molecule has 0 radical (unpaired) electrons. The Kier molecular flexibility index (Phi) is 3.41. The molecule has 4 nitrogen and oxygen atoms in total. The minimum Gasteiger partial charge on any atom is -0.323 e. The van der Waals surface area contributed by atoms with Gasteiger partial charge in [-0.15, -0.1) is 0 Å². The number of amides is 1. The highest BCUT2D eigenvalue weighted by Crippen LogP contribution is 2.38. The second-order valence-corrected chi connectivity index (χ2v) is 5.50. The average molecular weight is 273 g/mol. The number of carbonyl (C=O) groups is 1. The molecule has 1 saturated carbocycles. The highest BCUT2D eigenvalue weighted by atomic mass is 19.1. The lowest BCUT2D eigenvalue weighted by Gasteiger charge is -2.18. The van der Waals surface area contributed by atoms with Crippen LogP contribution in [0.2, 0.25) is 0 Å². The second-order valence-electron chi connectivity index (χ2n) is 5.50. The van der Waals surface area contributed by atoms with E-state index in [1.165, 1.54) is 25.0 Å². The third-order valence-electron chi connectivity index (χ3n) is 4.41. The van der Waals surface area contributed by atoms with Crippen LogP contribution < -0.4 is 10.6 Å². The van der Waals surface area contributed by atoms with E-state index < -0.39 is 5.82 Å². The van der Waals surface area contributed by atoms with Crippen molar-refractivity contribution < 1.29 is 9.18 Å². The summed E-state index contributed by atoms with van der Waals surface area (Å²) in [7, 11) is 0. The van der Waals surface area contributed by atoms with Gasteiger partial charge in [-0.3, -0.25) is 4.79 Å². The molecule has 104 valence electrons. The van der Waals surface area contributed by atoms with Gasteiger partial charge in [-0.05, 0) is 43.4 Å². The first-order valence-electron chi connectivity index (χ1n) is 6.93. The van der Waals surface area contributed by atoms with E-state index in [9.17, 15) is 9.18 Å². The van der Waals surface area contributed by atoms with Gasteiger partial charge in [0.25, 0.3) is 0 Å². The van der Waals surface area contributed by atoms with Gasteiger partial charge in [-0.25, -0.2) is 4.39 Å². The molecule has 1 saturated heterocycles. The van der Waals surface area contributed by atoms with Crippen LogP contribution in [-0.2, 0) is 4.79 Å². The summed E-state index contributed by atoms with van der Waals surface area (Å²) in [4.78, 5) is 12.3. The summed E-state index contributed by atoms with van der Waals surface area (Å²) < 4.78 is 13.5.